The number of fused-ring (bicyclic) bond motifs is 2. The first-order valence-electron chi connectivity index (χ1n) is 14.9. The summed E-state index contributed by atoms with van der Waals surface area (Å²) >= 11 is 6.12. The smallest absolute Gasteiger partial charge is 0.253 e. The van der Waals surface area contributed by atoms with Gasteiger partial charge in [0, 0.05) is 42.6 Å². The summed E-state index contributed by atoms with van der Waals surface area (Å²) in [7, 11) is 0. The van der Waals surface area contributed by atoms with E-state index >= 15 is 0 Å². The zero-order valence-corrected chi connectivity index (χ0v) is 25.1. The van der Waals surface area contributed by atoms with E-state index in [1.165, 1.54) is 4.90 Å². The summed E-state index contributed by atoms with van der Waals surface area (Å²) in [6, 6.07) is 13.3. The summed E-state index contributed by atoms with van der Waals surface area (Å²) < 4.78 is 12.6. The summed E-state index contributed by atoms with van der Waals surface area (Å²) in [6.07, 6.45) is 8.25. The fourth-order valence-corrected chi connectivity index (χ4v) is 7.34. The zero-order valence-electron chi connectivity index (χ0n) is 24.3. The van der Waals surface area contributed by atoms with Gasteiger partial charge in [0.2, 0.25) is 11.8 Å². The largest absolute Gasteiger partial charge is 0.494 e. The van der Waals surface area contributed by atoms with E-state index in [0.29, 0.717) is 48.1 Å². The Morgan fingerprint density at radius 2 is 1.51 bits per heavy atom. The summed E-state index contributed by atoms with van der Waals surface area (Å²) in [6.45, 7) is 4.99. The topological polar surface area (TPSA) is 99.6 Å². The van der Waals surface area contributed by atoms with Crippen LogP contribution in [0, 0.1) is 11.8 Å². The van der Waals surface area contributed by atoms with Crippen LogP contribution in [-0.4, -0.2) is 77.8 Å². The monoisotopic (exact) mass is 605 g/mol. The molecule has 4 heterocycles. The molecule has 2 aromatic rings. The van der Waals surface area contributed by atoms with Gasteiger partial charge in [0.15, 0.2) is 0 Å². The molecule has 1 spiro atoms. The van der Waals surface area contributed by atoms with Gasteiger partial charge in [-0.3, -0.25) is 14.4 Å². The van der Waals surface area contributed by atoms with Crippen LogP contribution in [0.2, 0.25) is 5.02 Å². The fraction of sp³-hybridized carbons (Fsp3) is 0.424. The second kappa shape index (κ2) is 11.4. The number of ether oxygens (including phenoxy) is 2. The van der Waals surface area contributed by atoms with Gasteiger partial charge in [-0.05, 0) is 68.3 Å². The number of nitrogens with zero attached hydrogens (tertiary/aromatic N) is 3. The molecule has 4 aliphatic heterocycles. The van der Waals surface area contributed by atoms with E-state index in [-0.39, 0.29) is 37.4 Å². The van der Waals surface area contributed by atoms with Crippen LogP contribution < -0.4 is 14.5 Å². The van der Waals surface area contributed by atoms with Crippen molar-refractivity contribution in [3.05, 3.63) is 77.9 Å². The van der Waals surface area contributed by atoms with E-state index in [9.17, 15) is 19.5 Å². The Balaban J connectivity index is 1.44. The Morgan fingerprint density at radius 3 is 2.14 bits per heavy atom. The van der Waals surface area contributed by atoms with E-state index in [2.05, 4.69) is 0 Å². The number of benzene rings is 2. The van der Waals surface area contributed by atoms with Crippen LogP contribution in [-0.2, 0) is 19.1 Å². The number of aliphatic hydroxyl groups is 1. The average molecular weight is 606 g/mol. The van der Waals surface area contributed by atoms with Gasteiger partial charge in [-0.15, -0.1) is 0 Å². The van der Waals surface area contributed by atoms with E-state index in [4.69, 9.17) is 21.1 Å². The normalized spacial score (nSPS) is 29.8. The molecule has 2 fully saturated rings. The molecule has 0 radical (unpaired) electrons. The second-order valence-corrected chi connectivity index (χ2v) is 11.8. The lowest BCUT2D eigenvalue weighted by molar-refractivity contribution is -0.145. The van der Waals surface area contributed by atoms with E-state index in [1.54, 1.807) is 34.1 Å². The number of hydrogen-bond acceptors (Lipinski definition) is 6. The molecule has 2 saturated heterocycles. The minimum absolute atomic E-state index is 0.143. The first-order valence-corrected chi connectivity index (χ1v) is 15.3. The number of amides is 3. The van der Waals surface area contributed by atoms with E-state index < -0.39 is 29.1 Å². The molecule has 9 nitrogen and oxygen atoms in total. The Labute approximate surface area is 256 Å². The van der Waals surface area contributed by atoms with Gasteiger partial charge >= 0.3 is 0 Å². The Bertz CT molecular complexity index is 1460. The van der Waals surface area contributed by atoms with Crippen molar-refractivity contribution in [3.8, 4) is 5.75 Å². The average Bonchev–Trinajstić information content (AvgIpc) is 3.29. The molecule has 0 saturated carbocycles. The number of carbonyl (C=O) groups is 3. The number of hydrogen-bond donors (Lipinski definition) is 1. The van der Waals surface area contributed by atoms with Crippen molar-refractivity contribution in [1.29, 1.82) is 0 Å². The lowest BCUT2D eigenvalue weighted by Crippen LogP contribution is -2.56. The van der Waals surface area contributed by atoms with Gasteiger partial charge < -0.3 is 29.3 Å². The Morgan fingerprint density at radius 1 is 0.884 bits per heavy atom. The van der Waals surface area contributed by atoms with Crippen LogP contribution >= 0.6 is 11.6 Å². The van der Waals surface area contributed by atoms with Crippen LogP contribution in [0.3, 0.4) is 0 Å². The van der Waals surface area contributed by atoms with Gasteiger partial charge in [0.25, 0.3) is 5.91 Å². The maximum absolute atomic E-state index is 14.6. The highest BCUT2D eigenvalue weighted by molar-refractivity contribution is 6.30. The van der Waals surface area contributed by atoms with Crippen LogP contribution in [0.5, 0.6) is 5.75 Å². The first kappa shape index (κ1) is 29.4. The van der Waals surface area contributed by atoms with E-state index in [0.717, 1.165) is 0 Å². The zero-order chi connectivity index (χ0) is 30.4. The van der Waals surface area contributed by atoms with Crippen molar-refractivity contribution >= 4 is 40.7 Å². The van der Waals surface area contributed by atoms with Crippen molar-refractivity contribution in [2.45, 2.75) is 43.9 Å². The molecular formula is C33H36ClN3O6. The van der Waals surface area contributed by atoms with Gasteiger partial charge in [-0.2, -0.15) is 0 Å². The van der Waals surface area contributed by atoms with Crippen LogP contribution in [0.25, 0.3) is 0 Å². The molecule has 1 N–H and O–H groups in total. The van der Waals surface area contributed by atoms with Crippen LogP contribution in [0.15, 0.2) is 72.8 Å². The molecule has 43 heavy (non-hydrogen) atoms. The molecule has 4 aliphatic rings. The van der Waals surface area contributed by atoms with Gasteiger partial charge in [-0.25, -0.2) is 0 Å². The Kier molecular flexibility index (Phi) is 7.83. The second-order valence-electron chi connectivity index (χ2n) is 11.3. The highest BCUT2D eigenvalue weighted by Gasteiger charge is 2.75. The molecule has 0 aliphatic carbocycles. The number of likely N-dealkylation sites (tertiary alicyclic amines) is 1. The predicted octanol–water partition coefficient (Wildman–Crippen LogP) is 3.99. The summed E-state index contributed by atoms with van der Waals surface area (Å²) in [4.78, 5) is 48.4. The highest BCUT2D eigenvalue weighted by atomic mass is 35.5. The molecular weight excluding hydrogens is 570 g/mol. The van der Waals surface area contributed by atoms with Crippen molar-refractivity contribution in [3.63, 3.8) is 0 Å². The lowest BCUT2D eigenvalue weighted by atomic mass is 9.73. The Hall–Kier alpha value is -3.66. The third kappa shape index (κ3) is 4.65. The maximum Gasteiger partial charge on any atom is 0.253 e. The third-order valence-electron chi connectivity index (χ3n) is 9.09. The number of carbonyl (C=O) groups excluding carboxylic acids is 3. The van der Waals surface area contributed by atoms with Gasteiger partial charge in [0.05, 0.1) is 24.0 Å². The number of anilines is 2. The minimum atomic E-state index is -1.37. The fourth-order valence-electron chi connectivity index (χ4n) is 7.21. The summed E-state index contributed by atoms with van der Waals surface area (Å²) in [5, 5.41) is 10.2. The lowest BCUT2D eigenvalue weighted by Gasteiger charge is -2.38. The van der Waals surface area contributed by atoms with Crippen molar-refractivity contribution in [2.24, 2.45) is 11.8 Å². The number of rotatable bonds is 8. The summed E-state index contributed by atoms with van der Waals surface area (Å²) in [5.41, 5.74) is -1.12. The molecule has 0 bridgehead atoms. The van der Waals surface area contributed by atoms with Crippen molar-refractivity contribution in [2.75, 3.05) is 42.6 Å². The van der Waals surface area contributed by atoms with Crippen molar-refractivity contribution in [1.82, 2.24) is 4.90 Å². The maximum atomic E-state index is 14.6. The van der Waals surface area contributed by atoms with Crippen molar-refractivity contribution < 1.29 is 29.0 Å². The quantitative estimate of drug-likeness (QED) is 0.457. The summed E-state index contributed by atoms with van der Waals surface area (Å²) in [5.74, 6) is -1.93. The molecule has 1 unspecified atom stereocenters. The highest BCUT2D eigenvalue weighted by Crippen LogP contribution is 2.58. The molecule has 3 amide bonds. The first-order chi connectivity index (χ1) is 20.8. The van der Waals surface area contributed by atoms with Crippen LogP contribution in [0.4, 0.5) is 11.4 Å². The number of aliphatic hydroxyl groups excluding tert-OH is 1. The molecule has 0 aromatic heterocycles. The molecule has 5 atom stereocenters. The minimum Gasteiger partial charge on any atom is -0.494 e. The molecule has 2 aromatic carbocycles. The predicted molar refractivity (Wildman–Crippen MR) is 163 cm³/mol. The molecule has 10 heteroatoms. The van der Waals surface area contributed by atoms with Gasteiger partial charge in [0.1, 0.15) is 17.4 Å². The molecule has 6 rings (SSSR count). The van der Waals surface area contributed by atoms with Gasteiger partial charge in [-0.1, -0.05) is 42.8 Å². The van der Waals surface area contributed by atoms with E-state index in [1.807, 2.05) is 62.4 Å². The third-order valence-corrected chi connectivity index (χ3v) is 9.35. The van der Waals surface area contributed by atoms with Crippen LogP contribution in [0.1, 0.15) is 26.7 Å². The standard InChI is InChI=1S/C33H36ClN3O6/c1-3-32-16-5-18-35(24-12-14-25(15-13-24)42-4-2)29(39)26(32)27-30(40)37(20-7-21-38)28-31(41)36(19-6-17-33(27,28)43-32)23-10-8-22(34)9-11-23/h5-6,8-17,26-28,38H,3-4,7,18-21H2,1-2H3/t26-,27-,28?,32+,33-/m0/s1. The molecule has 226 valence electrons. The number of halogens is 1. The SMILES string of the molecule is CCOc1ccc(N2CC=C[C@@]3(CC)O[C@]45C=CCN(c6ccc(Cl)cc6)C(=O)C4N(CCCO)C(=O)[C@@H]5[C@H]3C2=O)cc1.